The number of thioether (sulfide) groups is 1. The fraction of sp³-hybridized carbons (Fsp3) is 0.105. The van der Waals surface area contributed by atoms with Crippen LogP contribution in [0.1, 0.15) is 5.56 Å². The van der Waals surface area contributed by atoms with E-state index in [9.17, 15) is 4.39 Å². The van der Waals surface area contributed by atoms with Crippen LogP contribution in [0.3, 0.4) is 0 Å². The van der Waals surface area contributed by atoms with Crippen molar-refractivity contribution < 1.29 is 4.39 Å². The Balaban J connectivity index is 2.12. The minimum Gasteiger partial charge on any atom is -0.248 e. The summed E-state index contributed by atoms with van der Waals surface area (Å²) in [5.41, 5.74) is 4.78. The molecular weight excluding hydrogens is 293 g/mol. The monoisotopic (exact) mass is 309 g/mol. The summed E-state index contributed by atoms with van der Waals surface area (Å²) in [6.45, 7) is 2.06. The molecule has 0 bridgehead atoms. The summed E-state index contributed by atoms with van der Waals surface area (Å²) in [4.78, 5) is 5.83. The van der Waals surface area contributed by atoms with Crippen LogP contribution in [0, 0.1) is 12.7 Å². The molecule has 3 rings (SSSR count). The van der Waals surface area contributed by atoms with Gasteiger partial charge in [-0.25, -0.2) is 9.37 Å². The van der Waals surface area contributed by atoms with Gasteiger partial charge >= 0.3 is 0 Å². The molecule has 1 nitrogen and oxygen atoms in total. The maximum Gasteiger partial charge on any atom is 0.123 e. The van der Waals surface area contributed by atoms with Crippen LogP contribution in [0.15, 0.2) is 65.6 Å². The summed E-state index contributed by atoms with van der Waals surface area (Å²) in [5, 5.41) is 0. The molecule has 0 amide bonds. The van der Waals surface area contributed by atoms with Gasteiger partial charge in [0.05, 0.1) is 11.4 Å². The second kappa shape index (κ2) is 6.32. The molecule has 0 aliphatic rings. The molecule has 1 heterocycles. The minimum atomic E-state index is -0.245. The van der Waals surface area contributed by atoms with Gasteiger partial charge in [-0.05, 0) is 37.4 Å². The molecule has 3 aromatic rings. The first-order valence-electron chi connectivity index (χ1n) is 7.05. The molecule has 0 aliphatic heterocycles. The van der Waals surface area contributed by atoms with Crippen molar-refractivity contribution in [2.45, 2.75) is 11.8 Å². The molecule has 0 radical (unpaired) electrons. The van der Waals surface area contributed by atoms with Gasteiger partial charge in [-0.3, -0.25) is 0 Å². The summed E-state index contributed by atoms with van der Waals surface area (Å²) >= 11 is 1.66. The molecular formula is C19H16FNS. The van der Waals surface area contributed by atoms with E-state index < -0.39 is 0 Å². The number of nitrogens with zero attached hydrogens (tertiary/aromatic N) is 1. The predicted octanol–water partition coefficient (Wildman–Crippen LogP) is 5.59. The van der Waals surface area contributed by atoms with E-state index in [1.54, 1.807) is 17.8 Å². The first kappa shape index (κ1) is 14.8. The topological polar surface area (TPSA) is 12.9 Å². The Bertz CT molecular complexity index is 797. The number of halogens is 1. The van der Waals surface area contributed by atoms with E-state index in [2.05, 4.69) is 37.3 Å². The highest BCUT2D eigenvalue weighted by Crippen LogP contribution is 2.29. The zero-order valence-electron chi connectivity index (χ0n) is 12.5. The van der Waals surface area contributed by atoms with Gasteiger partial charge in [-0.2, -0.15) is 0 Å². The number of aromatic nitrogens is 1. The van der Waals surface area contributed by atoms with Crippen LogP contribution in [-0.2, 0) is 0 Å². The lowest BCUT2D eigenvalue weighted by Gasteiger charge is -2.09. The molecule has 110 valence electrons. The molecule has 0 spiro atoms. The lowest BCUT2D eigenvalue weighted by atomic mass is 10.1. The largest absolute Gasteiger partial charge is 0.248 e. The van der Waals surface area contributed by atoms with Crippen molar-refractivity contribution in [3.05, 3.63) is 72.0 Å². The molecule has 22 heavy (non-hydrogen) atoms. The number of pyridine rings is 1. The molecule has 0 unspecified atom stereocenters. The summed E-state index contributed by atoms with van der Waals surface area (Å²) in [6.07, 6.45) is 2.03. The van der Waals surface area contributed by atoms with Gasteiger partial charge in [0.15, 0.2) is 0 Å². The highest BCUT2D eigenvalue weighted by molar-refractivity contribution is 7.98. The third-order valence-electron chi connectivity index (χ3n) is 3.50. The van der Waals surface area contributed by atoms with Gasteiger partial charge < -0.3 is 0 Å². The quantitative estimate of drug-likeness (QED) is 0.585. The van der Waals surface area contributed by atoms with E-state index in [-0.39, 0.29) is 5.82 Å². The number of rotatable bonds is 3. The summed E-state index contributed by atoms with van der Waals surface area (Å²) in [5.74, 6) is -0.245. The van der Waals surface area contributed by atoms with Crippen molar-refractivity contribution in [1.29, 1.82) is 0 Å². The Morgan fingerprint density at radius 1 is 0.864 bits per heavy atom. The third-order valence-corrected chi connectivity index (χ3v) is 4.21. The molecule has 0 N–H and O–H groups in total. The Hall–Kier alpha value is -2.13. The summed E-state index contributed by atoms with van der Waals surface area (Å²) < 4.78 is 13.5. The van der Waals surface area contributed by atoms with Gasteiger partial charge in [-0.1, -0.05) is 42.0 Å². The van der Waals surface area contributed by atoms with Crippen LogP contribution in [0.25, 0.3) is 22.5 Å². The van der Waals surface area contributed by atoms with Crippen molar-refractivity contribution >= 4 is 11.8 Å². The Morgan fingerprint density at radius 3 is 2.18 bits per heavy atom. The van der Waals surface area contributed by atoms with Crippen molar-refractivity contribution in [3.8, 4) is 22.5 Å². The van der Waals surface area contributed by atoms with E-state index in [1.165, 1.54) is 17.7 Å². The van der Waals surface area contributed by atoms with E-state index in [0.717, 1.165) is 27.4 Å². The maximum atomic E-state index is 13.5. The smallest absolute Gasteiger partial charge is 0.123 e. The predicted molar refractivity (Wildman–Crippen MR) is 91.6 cm³/mol. The molecule has 0 aliphatic carbocycles. The highest BCUT2D eigenvalue weighted by atomic mass is 32.2. The van der Waals surface area contributed by atoms with Crippen molar-refractivity contribution in [3.63, 3.8) is 0 Å². The Kier molecular flexibility index (Phi) is 4.25. The number of hydrogen-bond acceptors (Lipinski definition) is 2. The fourth-order valence-electron chi connectivity index (χ4n) is 2.29. The zero-order chi connectivity index (χ0) is 15.5. The SMILES string of the molecule is CSc1cc(-c2ccc(C)cc2)nc(-c2cccc(F)c2)c1. The maximum absolute atomic E-state index is 13.5. The van der Waals surface area contributed by atoms with Gasteiger partial charge in [0, 0.05) is 16.0 Å². The van der Waals surface area contributed by atoms with Crippen LogP contribution in [-0.4, -0.2) is 11.2 Å². The normalized spacial score (nSPS) is 10.7. The average molecular weight is 309 g/mol. The van der Waals surface area contributed by atoms with E-state index in [0.29, 0.717) is 0 Å². The minimum absolute atomic E-state index is 0.245. The highest BCUT2D eigenvalue weighted by Gasteiger charge is 2.07. The first-order chi connectivity index (χ1) is 10.7. The van der Waals surface area contributed by atoms with Gasteiger partial charge in [-0.15, -0.1) is 11.8 Å². The number of benzene rings is 2. The van der Waals surface area contributed by atoms with Crippen LogP contribution in [0.4, 0.5) is 4.39 Å². The zero-order valence-corrected chi connectivity index (χ0v) is 13.3. The molecule has 0 atom stereocenters. The van der Waals surface area contributed by atoms with E-state index in [1.807, 2.05) is 18.4 Å². The van der Waals surface area contributed by atoms with E-state index in [4.69, 9.17) is 4.98 Å². The van der Waals surface area contributed by atoms with E-state index >= 15 is 0 Å². The Morgan fingerprint density at radius 2 is 1.55 bits per heavy atom. The van der Waals surface area contributed by atoms with Crippen molar-refractivity contribution in [2.24, 2.45) is 0 Å². The molecule has 1 aromatic heterocycles. The van der Waals surface area contributed by atoms with Crippen molar-refractivity contribution in [2.75, 3.05) is 6.26 Å². The summed E-state index contributed by atoms with van der Waals surface area (Å²) in [6, 6.07) is 18.9. The molecule has 3 heteroatoms. The lowest BCUT2D eigenvalue weighted by Crippen LogP contribution is -1.90. The molecule has 0 fully saturated rings. The van der Waals surface area contributed by atoms with Crippen LogP contribution < -0.4 is 0 Å². The molecule has 2 aromatic carbocycles. The summed E-state index contributed by atoms with van der Waals surface area (Å²) in [7, 11) is 0. The van der Waals surface area contributed by atoms with Gasteiger partial charge in [0.25, 0.3) is 0 Å². The third kappa shape index (κ3) is 3.20. The fourth-order valence-corrected chi connectivity index (χ4v) is 2.75. The van der Waals surface area contributed by atoms with Gasteiger partial charge in [0.1, 0.15) is 5.82 Å². The molecule has 0 saturated carbocycles. The number of hydrogen-bond donors (Lipinski definition) is 0. The number of aryl methyl sites for hydroxylation is 1. The Labute approximate surface area is 134 Å². The lowest BCUT2D eigenvalue weighted by molar-refractivity contribution is 0.628. The standard InChI is InChI=1S/C19H16FNS/c1-13-6-8-14(9-7-13)18-11-17(22-2)12-19(21-18)15-4-3-5-16(20)10-15/h3-12H,1-2H3. The second-order valence-corrected chi connectivity index (χ2v) is 6.03. The van der Waals surface area contributed by atoms with Crippen molar-refractivity contribution in [1.82, 2.24) is 4.98 Å². The average Bonchev–Trinajstić information content (AvgIpc) is 2.55. The van der Waals surface area contributed by atoms with Crippen LogP contribution in [0.2, 0.25) is 0 Å². The first-order valence-corrected chi connectivity index (χ1v) is 8.27. The second-order valence-electron chi connectivity index (χ2n) is 5.15. The van der Waals surface area contributed by atoms with Crippen LogP contribution >= 0.6 is 11.8 Å². The molecule has 0 saturated heterocycles. The van der Waals surface area contributed by atoms with Gasteiger partial charge in [0.2, 0.25) is 0 Å². The van der Waals surface area contributed by atoms with Crippen LogP contribution in [0.5, 0.6) is 0 Å².